The Morgan fingerprint density at radius 3 is 2.20 bits per heavy atom. The number of aliphatic hydroxyl groups is 1. The van der Waals surface area contributed by atoms with Gasteiger partial charge in [-0.25, -0.2) is 4.39 Å². The highest BCUT2D eigenvalue weighted by atomic mass is 79.9. The van der Waals surface area contributed by atoms with Gasteiger partial charge in [-0.15, -0.1) is 0 Å². The fourth-order valence-corrected chi connectivity index (χ4v) is 4.83. The maximum absolute atomic E-state index is 13.9. The lowest BCUT2D eigenvalue weighted by Crippen LogP contribution is -2.47. The highest BCUT2D eigenvalue weighted by Gasteiger charge is 2.46. The summed E-state index contributed by atoms with van der Waals surface area (Å²) < 4.78 is 14.8. The van der Waals surface area contributed by atoms with Crippen LogP contribution in [0.25, 0.3) is 0 Å². The van der Waals surface area contributed by atoms with Gasteiger partial charge in [-0.3, -0.25) is 0 Å². The van der Waals surface area contributed by atoms with Gasteiger partial charge in [-0.1, -0.05) is 43.6 Å². The first-order chi connectivity index (χ1) is 9.00. The lowest BCUT2D eigenvalue weighted by atomic mass is 9.58. The average molecular weight is 343 g/mol. The number of halogens is 2. The van der Waals surface area contributed by atoms with Gasteiger partial charge in [0.1, 0.15) is 5.82 Å². The van der Waals surface area contributed by atoms with Crippen LogP contribution in [0.5, 0.6) is 0 Å². The van der Waals surface area contributed by atoms with Crippen molar-refractivity contribution < 1.29 is 9.50 Å². The Morgan fingerprint density at radius 1 is 1.10 bits per heavy atom. The van der Waals surface area contributed by atoms with Gasteiger partial charge in [0, 0.05) is 10.9 Å². The highest BCUT2D eigenvalue weighted by molar-refractivity contribution is 9.10. The molecular formula is C17H24BrFO. The molecule has 0 aromatic heterocycles. The second kappa shape index (κ2) is 5.10. The third kappa shape index (κ3) is 3.82. The molecule has 0 atom stereocenters. The van der Waals surface area contributed by atoms with Gasteiger partial charge in [-0.05, 0) is 53.9 Å². The molecule has 0 spiro atoms. The molecule has 1 aliphatic carbocycles. The minimum Gasteiger partial charge on any atom is -0.390 e. The van der Waals surface area contributed by atoms with Crippen molar-refractivity contribution in [3.63, 3.8) is 0 Å². The topological polar surface area (TPSA) is 20.2 Å². The van der Waals surface area contributed by atoms with E-state index in [-0.39, 0.29) is 16.6 Å². The molecule has 1 aromatic carbocycles. The highest BCUT2D eigenvalue weighted by Crippen LogP contribution is 2.51. The Morgan fingerprint density at radius 2 is 1.65 bits per heavy atom. The monoisotopic (exact) mass is 342 g/mol. The van der Waals surface area contributed by atoms with Crippen molar-refractivity contribution in [2.45, 2.75) is 59.0 Å². The molecule has 1 N–H and O–H groups in total. The largest absolute Gasteiger partial charge is 0.390 e. The van der Waals surface area contributed by atoms with Gasteiger partial charge in [-0.2, -0.15) is 0 Å². The van der Waals surface area contributed by atoms with Crippen LogP contribution in [0.1, 0.15) is 52.5 Å². The Kier molecular flexibility index (Phi) is 4.07. The molecule has 112 valence electrons. The van der Waals surface area contributed by atoms with E-state index in [9.17, 15) is 9.50 Å². The normalized spacial score (nSPS) is 23.6. The van der Waals surface area contributed by atoms with E-state index in [4.69, 9.17) is 0 Å². The molecule has 1 fully saturated rings. The minimum absolute atomic E-state index is 0.0823. The molecule has 1 nitrogen and oxygen atoms in total. The van der Waals surface area contributed by atoms with E-state index in [1.165, 1.54) is 6.07 Å². The maximum Gasteiger partial charge on any atom is 0.126 e. The van der Waals surface area contributed by atoms with Crippen molar-refractivity contribution in [1.82, 2.24) is 0 Å². The van der Waals surface area contributed by atoms with Crippen molar-refractivity contribution in [2.24, 2.45) is 10.8 Å². The van der Waals surface area contributed by atoms with E-state index in [1.54, 1.807) is 12.1 Å². The lowest BCUT2D eigenvalue weighted by molar-refractivity contribution is -0.0854. The van der Waals surface area contributed by atoms with Crippen LogP contribution in [0.3, 0.4) is 0 Å². The third-order valence-corrected chi connectivity index (χ3v) is 4.59. The van der Waals surface area contributed by atoms with E-state index < -0.39 is 5.60 Å². The summed E-state index contributed by atoms with van der Waals surface area (Å²) in [5.74, 6) is -0.234. The quantitative estimate of drug-likeness (QED) is 0.792. The van der Waals surface area contributed by atoms with Crippen LogP contribution < -0.4 is 0 Å². The van der Waals surface area contributed by atoms with Gasteiger partial charge in [0.2, 0.25) is 0 Å². The summed E-state index contributed by atoms with van der Waals surface area (Å²) in [7, 11) is 0. The van der Waals surface area contributed by atoms with Gasteiger partial charge >= 0.3 is 0 Å². The zero-order valence-corrected chi connectivity index (χ0v) is 14.3. The lowest BCUT2D eigenvalue weighted by Gasteiger charge is -2.49. The van der Waals surface area contributed by atoms with Gasteiger partial charge in [0.15, 0.2) is 0 Å². The molecule has 3 heteroatoms. The summed E-state index contributed by atoms with van der Waals surface area (Å²) in [6.07, 6.45) is 2.90. The standard InChI is InChI=1S/C17H24BrFO/c1-15(2)9-16(3,4)11-17(20,10-15)8-12-7-13(18)5-6-14(12)19/h5-7,20H,8-11H2,1-4H3. The summed E-state index contributed by atoms with van der Waals surface area (Å²) in [5, 5.41) is 11.0. The summed E-state index contributed by atoms with van der Waals surface area (Å²) in [5.41, 5.74) is -0.0689. The van der Waals surface area contributed by atoms with Crippen LogP contribution in [0.4, 0.5) is 4.39 Å². The van der Waals surface area contributed by atoms with Crippen molar-refractivity contribution >= 4 is 15.9 Å². The predicted molar refractivity (Wildman–Crippen MR) is 84.2 cm³/mol. The first-order valence-corrected chi connectivity index (χ1v) is 7.96. The van der Waals surface area contributed by atoms with Crippen LogP contribution >= 0.6 is 15.9 Å². The number of hydrogen-bond donors (Lipinski definition) is 1. The van der Waals surface area contributed by atoms with Crippen molar-refractivity contribution in [2.75, 3.05) is 0 Å². The number of benzene rings is 1. The number of rotatable bonds is 2. The summed E-state index contributed by atoms with van der Waals surface area (Å²) >= 11 is 3.38. The van der Waals surface area contributed by atoms with E-state index in [0.29, 0.717) is 12.0 Å². The van der Waals surface area contributed by atoms with Crippen LogP contribution in [0, 0.1) is 16.6 Å². The van der Waals surface area contributed by atoms with Gasteiger partial charge < -0.3 is 5.11 Å². The van der Waals surface area contributed by atoms with Crippen LogP contribution in [0.2, 0.25) is 0 Å². The average Bonchev–Trinajstić information content (AvgIpc) is 2.17. The molecule has 1 saturated carbocycles. The second-order valence-electron chi connectivity index (χ2n) is 8.00. The Bertz CT molecular complexity index is 492. The summed E-state index contributed by atoms with van der Waals surface area (Å²) in [4.78, 5) is 0. The van der Waals surface area contributed by atoms with Crippen LogP contribution in [0.15, 0.2) is 22.7 Å². The molecule has 1 aromatic rings. The first-order valence-electron chi connectivity index (χ1n) is 7.17. The van der Waals surface area contributed by atoms with E-state index in [1.807, 2.05) is 0 Å². The fraction of sp³-hybridized carbons (Fsp3) is 0.647. The Labute approximate surface area is 129 Å². The Balaban J connectivity index is 2.28. The molecule has 2 rings (SSSR count). The van der Waals surface area contributed by atoms with Crippen LogP contribution in [-0.4, -0.2) is 10.7 Å². The second-order valence-corrected chi connectivity index (χ2v) is 8.91. The van der Waals surface area contributed by atoms with E-state index >= 15 is 0 Å². The van der Waals surface area contributed by atoms with Gasteiger partial charge in [0.25, 0.3) is 0 Å². The molecular weight excluding hydrogens is 319 g/mol. The Hall–Kier alpha value is -0.410. The number of hydrogen-bond acceptors (Lipinski definition) is 1. The molecule has 0 unspecified atom stereocenters. The molecule has 20 heavy (non-hydrogen) atoms. The SMILES string of the molecule is CC1(C)CC(C)(C)CC(O)(Cc2cc(Br)ccc2F)C1. The third-order valence-electron chi connectivity index (χ3n) is 4.10. The van der Waals surface area contributed by atoms with Crippen LogP contribution in [-0.2, 0) is 6.42 Å². The summed E-state index contributed by atoms with van der Waals surface area (Å²) in [6, 6.07) is 4.93. The first kappa shape index (κ1) is 16.0. The van der Waals surface area contributed by atoms with Crippen molar-refractivity contribution in [3.05, 3.63) is 34.1 Å². The molecule has 0 aliphatic heterocycles. The smallest absolute Gasteiger partial charge is 0.126 e. The maximum atomic E-state index is 13.9. The fourth-order valence-electron chi connectivity index (χ4n) is 4.42. The molecule has 0 heterocycles. The molecule has 0 bridgehead atoms. The zero-order chi connectivity index (χ0) is 15.2. The molecule has 1 aliphatic rings. The van der Waals surface area contributed by atoms with Gasteiger partial charge in [0.05, 0.1) is 5.60 Å². The van der Waals surface area contributed by atoms with Crippen molar-refractivity contribution in [1.29, 1.82) is 0 Å². The summed E-state index contributed by atoms with van der Waals surface area (Å²) in [6.45, 7) is 8.76. The van der Waals surface area contributed by atoms with E-state index in [2.05, 4.69) is 43.6 Å². The molecule has 0 saturated heterocycles. The van der Waals surface area contributed by atoms with E-state index in [0.717, 1.165) is 23.7 Å². The zero-order valence-electron chi connectivity index (χ0n) is 12.8. The molecule has 0 amide bonds. The predicted octanol–water partition coefficient (Wildman–Crippen LogP) is 5.10. The minimum atomic E-state index is -0.827. The molecule has 0 radical (unpaired) electrons. The van der Waals surface area contributed by atoms with Crippen molar-refractivity contribution in [3.8, 4) is 0 Å².